The molecule has 0 radical (unpaired) electrons. The van der Waals surface area contributed by atoms with Crippen LogP contribution in [0.5, 0.6) is 0 Å². The highest BCUT2D eigenvalue weighted by Gasteiger charge is 2.75. The Labute approximate surface area is 120 Å². The summed E-state index contributed by atoms with van der Waals surface area (Å²) in [5, 5.41) is 0. The predicted molar refractivity (Wildman–Crippen MR) is 75.4 cm³/mol. The Bertz CT molecular complexity index is 459. The molecule has 20 heavy (non-hydrogen) atoms. The van der Waals surface area contributed by atoms with Gasteiger partial charge in [0.15, 0.2) is 5.60 Å². The lowest BCUT2D eigenvalue weighted by molar-refractivity contribution is -0.150. The van der Waals surface area contributed by atoms with E-state index in [1.807, 2.05) is 37.3 Å². The van der Waals surface area contributed by atoms with Gasteiger partial charge in [-0.15, -0.1) is 0 Å². The van der Waals surface area contributed by atoms with Crippen molar-refractivity contribution >= 4 is 5.97 Å². The average molecular weight is 278 g/mol. The normalized spacial score (nSPS) is 28.1. The molecule has 1 aliphatic heterocycles. The van der Waals surface area contributed by atoms with Gasteiger partial charge in [-0.3, -0.25) is 0 Å². The average Bonchev–Trinajstić information content (AvgIpc) is 3.11. The van der Waals surface area contributed by atoms with E-state index in [0.717, 1.165) is 12.0 Å². The second kappa shape index (κ2) is 5.94. The maximum atomic E-state index is 12.4. The van der Waals surface area contributed by atoms with Crippen molar-refractivity contribution in [3.8, 4) is 0 Å². The van der Waals surface area contributed by atoms with E-state index in [4.69, 9.17) is 14.2 Å². The Morgan fingerprint density at radius 3 is 2.50 bits per heavy atom. The number of carbonyl (C=O) groups is 1. The van der Waals surface area contributed by atoms with Crippen LogP contribution in [0.25, 0.3) is 0 Å². The first-order chi connectivity index (χ1) is 9.66. The quantitative estimate of drug-likeness (QED) is 0.568. The lowest BCUT2D eigenvalue weighted by Gasteiger charge is -2.18. The first-order valence-electron chi connectivity index (χ1n) is 7.08. The molecular weight excluding hydrogens is 256 g/mol. The van der Waals surface area contributed by atoms with Crippen molar-refractivity contribution < 1.29 is 19.0 Å². The number of carbonyl (C=O) groups excluding carboxylic acids is 1. The van der Waals surface area contributed by atoms with Gasteiger partial charge in [0.05, 0.1) is 13.2 Å². The number of hydrogen-bond acceptors (Lipinski definition) is 4. The zero-order chi connectivity index (χ0) is 14.6. The minimum absolute atomic E-state index is 0.289. The van der Waals surface area contributed by atoms with Crippen molar-refractivity contribution in [1.82, 2.24) is 0 Å². The van der Waals surface area contributed by atoms with Crippen molar-refractivity contribution in [2.24, 2.45) is 0 Å². The fourth-order valence-electron chi connectivity index (χ4n) is 2.87. The zero-order valence-electron chi connectivity index (χ0n) is 12.3. The van der Waals surface area contributed by atoms with Gasteiger partial charge in [-0.2, -0.15) is 0 Å². The molecule has 0 bridgehead atoms. The molecule has 0 aliphatic carbocycles. The standard InChI is InChI=1S/C16H22O4/c1-4-11-15(14(17)19-5-2)16(20-15,12-18-3)13-9-7-6-8-10-13/h6-10H,4-5,11-12H2,1-3H3. The summed E-state index contributed by atoms with van der Waals surface area (Å²) in [4.78, 5) is 12.4. The van der Waals surface area contributed by atoms with Crippen molar-refractivity contribution in [1.29, 1.82) is 0 Å². The van der Waals surface area contributed by atoms with Gasteiger partial charge in [0.25, 0.3) is 0 Å². The number of epoxide rings is 1. The van der Waals surface area contributed by atoms with Crippen molar-refractivity contribution in [3.05, 3.63) is 35.9 Å². The van der Waals surface area contributed by atoms with Gasteiger partial charge in [0.2, 0.25) is 5.60 Å². The highest BCUT2D eigenvalue weighted by Crippen LogP contribution is 2.59. The van der Waals surface area contributed by atoms with Crippen LogP contribution in [0.15, 0.2) is 30.3 Å². The predicted octanol–water partition coefficient (Wildman–Crippen LogP) is 2.66. The molecule has 1 aromatic carbocycles. The highest BCUT2D eigenvalue weighted by atomic mass is 16.7. The number of ether oxygens (including phenoxy) is 3. The van der Waals surface area contributed by atoms with Gasteiger partial charge in [0, 0.05) is 7.11 Å². The summed E-state index contributed by atoms with van der Waals surface area (Å²) in [6, 6.07) is 9.76. The lowest BCUT2D eigenvalue weighted by atomic mass is 9.83. The van der Waals surface area contributed by atoms with Crippen LogP contribution < -0.4 is 0 Å². The molecule has 1 fully saturated rings. The Hall–Kier alpha value is -1.39. The van der Waals surface area contributed by atoms with E-state index in [0.29, 0.717) is 19.6 Å². The molecular formula is C16H22O4. The maximum absolute atomic E-state index is 12.4. The molecule has 0 spiro atoms. The summed E-state index contributed by atoms with van der Waals surface area (Å²) in [5.41, 5.74) is -0.663. The molecule has 0 amide bonds. The fourth-order valence-corrected chi connectivity index (χ4v) is 2.87. The van der Waals surface area contributed by atoms with E-state index in [1.165, 1.54) is 0 Å². The van der Waals surface area contributed by atoms with Crippen molar-refractivity contribution in [3.63, 3.8) is 0 Å². The molecule has 1 saturated heterocycles. The number of rotatable bonds is 7. The molecule has 1 aromatic rings. The van der Waals surface area contributed by atoms with Crippen LogP contribution in [0.2, 0.25) is 0 Å². The van der Waals surface area contributed by atoms with Gasteiger partial charge < -0.3 is 14.2 Å². The van der Waals surface area contributed by atoms with Crippen LogP contribution in [0, 0.1) is 0 Å². The van der Waals surface area contributed by atoms with Crippen LogP contribution in [-0.2, 0) is 24.6 Å². The molecule has 1 aliphatic rings. The first kappa shape index (κ1) is 15.0. The van der Waals surface area contributed by atoms with E-state index >= 15 is 0 Å². The van der Waals surface area contributed by atoms with E-state index in [2.05, 4.69) is 0 Å². The molecule has 110 valence electrons. The van der Waals surface area contributed by atoms with E-state index < -0.39 is 11.2 Å². The minimum atomic E-state index is -0.908. The molecule has 4 heteroatoms. The summed E-state index contributed by atoms with van der Waals surface area (Å²) < 4.78 is 16.5. The third-order valence-corrected chi connectivity index (χ3v) is 3.75. The molecule has 1 heterocycles. The molecule has 2 atom stereocenters. The summed E-state index contributed by atoms with van der Waals surface area (Å²) >= 11 is 0. The Morgan fingerprint density at radius 1 is 1.25 bits per heavy atom. The Balaban J connectivity index is 2.37. The summed E-state index contributed by atoms with van der Waals surface area (Å²) in [7, 11) is 1.62. The zero-order valence-corrected chi connectivity index (χ0v) is 12.3. The topological polar surface area (TPSA) is 48.1 Å². The Kier molecular flexibility index (Phi) is 4.45. The second-order valence-corrected chi connectivity index (χ2v) is 5.03. The third-order valence-electron chi connectivity index (χ3n) is 3.75. The molecule has 2 rings (SSSR count). The van der Waals surface area contributed by atoms with E-state index in [9.17, 15) is 4.79 Å². The van der Waals surface area contributed by atoms with Gasteiger partial charge >= 0.3 is 5.97 Å². The number of hydrogen-bond donors (Lipinski definition) is 0. The van der Waals surface area contributed by atoms with Gasteiger partial charge in [-0.05, 0) is 18.9 Å². The molecule has 4 nitrogen and oxygen atoms in total. The second-order valence-electron chi connectivity index (χ2n) is 5.03. The van der Waals surface area contributed by atoms with Crippen LogP contribution >= 0.6 is 0 Å². The minimum Gasteiger partial charge on any atom is -0.464 e. The number of esters is 1. The maximum Gasteiger partial charge on any atom is 0.341 e. The lowest BCUT2D eigenvalue weighted by Crippen LogP contribution is -2.37. The van der Waals surface area contributed by atoms with Gasteiger partial charge in [-0.1, -0.05) is 43.7 Å². The first-order valence-corrected chi connectivity index (χ1v) is 7.08. The van der Waals surface area contributed by atoms with Crippen LogP contribution in [0.1, 0.15) is 32.3 Å². The third kappa shape index (κ3) is 2.23. The number of methoxy groups -OCH3 is 1. The fraction of sp³-hybridized carbons (Fsp3) is 0.562. The number of benzene rings is 1. The van der Waals surface area contributed by atoms with Crippen molar-refractivity contribution in [2.75, 3.05) is 20.3 Å². The van der Waals surface area contributed by atoms with Crippen LogP contribution in [0.3, 0.4) is 0 Å². The largest absolute Gasteiger partial charge is 0.464 e. The van der Waals surface area contributed by atoms with E-state index in [-0.39, 0.29) is 5.97 Å². The summed E-state index contributed by atoms with van der Waals surface area (Å²) in [6.45, 7) is 4.53. The summed E-state index contributed by atoms with van der Waals surface area (Å²) in [6.07, 6.45) is 1.47. The Morgan fingerprint density at radius 2 is 1.95 bits per heavy atom. The van der Waals surface area contributed by atoms with Crippen molar-refractivity contribution in [2.45, 2.75) is 37.9 Å². The van der Waals surface area contributed by atoms with Crippen LogP contribution in [0.4, 0.5) is 0 Å². The SMILES string of the molecule is CCCC1(C(=O)OCC)OC1(COC)c1ccccc1. The molecule has 0 N–H and O–H groups in total. The van der Waals surface area contributed by atoms with Crippen LogP contribution in [-0.4, -0.2) is 31.9 Å². The molecule has 2 unspecified atom stereocenters. The smallest absolute Gasteiger partial charge is 0.341 e. The van der Waals surface area contributed by atoms with E-state index in [1.54, 1.807) is 14.0 Å². The highest BCUT2D eigenvalue weighted by molar-refractivity contribution is 5.85. The molecule has 0 aromatic heterocycles. The van der Waals surface area contributed by atoms with Gasteiger partial charge in [-0.25, -0.2) is 4.79 Å². The monoisotopic (exact) mass is 278 g/mol. The molecule has 0 saturated carbocycles. The van der Waals surface area contributed by atoms with Gasteiger partial charge in [0.1, 0.15) is 0 Å². The summed E-state index contributed by atoms with van der Waals surface area (Å²) in [5.74, 6) is -0.289.